The first-order valence-corrected chi connectivity index (χ1v) is 10.9. The van der Waals surface area contributed by atoms with Gasteiger partial charge >= 0.3 is 0 Å². The van der Waals surface area contributed by atoms with Gasteiger partial charge in [0.1, 0.15) is 0 Å². The molecule has 0 aromatic heterocycles. The van der Waals surface area contributed by atoms with Crippen molar-refractivity contribution in [2.45, 2.75) is 56.3 Å². The highest BCUT2D eigenvalue weighted by molar-refractivity contribution is 7.89. The Bertz CT molecular complexity index is 673. The normalized spacial score (nSPS) is 19.8. The van der Waals surface area contributed by atoms with Crippen LogP contribution >= 0.6 is 0 Å². The van der Waals surface area contributed by atoms with Crippen molar-refractivity contribution in [2.24, 2.45) is 5.92 Å². The molecule has 138 valence electrons. The predicted molar refractivity (Wildman–Crippen MR) is 97.7 cm³/mol. The van der Waals surface area contributed by atoms with Crippen molar-refractivity contribution >= 4 is 15.9 Å². The van der Waals surface area contributed by atoms with Gasteiger partial charge in [0.2, 0.25) is 15.9 Å². The van der Waals surface area contributed by atoms with Crippen LogP contribution < -0.4 is 5.32 Å². The van der Waals surface area contributed by atoms with Crippen LogP contribution in [0.3, 0.4) is 0 Å². The molecule has 1 amide bonds. The number of amides is 1. The summed E-state index contributed by atoms with van der Waals surface area (Å²) in [5, 5.41) is 3.03. The van der Waals surface area contributed by atoms with Crippen molar-refractivity contribution < 1.29 is 13.2 Å². The Morgan fingerprint density at radius 3 is 2.28 bits per heavy atom. The summed E-state index contributed by atoms with van der Waals surface area (Å²) in [4.78, 5) is 12.5. The van der Waals surface area contributed by atoms with Crippen LogP contribution in [0.25, 0.3) is 0 Å². The Morgan fingerprint density at radius 1 is 1.00 bits per heavy atom. The van der Waals surface area contributed by atoms with Crippen LogP contribution in [-0.2, 0) is 21.2 Å². The third-order valence-electron chi connectivity index (χ3n) is 5.32. The Balaban J connectivity index is 1.50. The molecular formula is C19H28N2O3S. The van der Waals surface area contributed by atoms with Gasteiger partial charge in [-0.1, -0.05) is 31.4 Å². The summed E-state index contributed by atoms with van der Waals surface area (Å²) in [5.74, 6) is 0.356. The van der Waals surface area contributed by atoms with E-state index in [1.165, 1.54) is 6.42 Å². The highest BCUT2D eigenvalue weighted by Gasteiger charge is 2.26. The van der Waals surface area contributed by atoms with Gasteiger partial charge in [-0.2, -0.15) is 4.31 Å². The first kappa shape index (κ1) is 18.4. The molecule has 1 aliphatic heterocycles. The fourth-order valence-corrected chi connectivity index (χ4v) is 5.26. The summed E-state index contributed by atoms with van der Waals surface area (Å²) in [6.45, 7) is 1.85. The van der Waals surface area contributed by atoms with E-state index >= 15 is 0 Å². The molecule has 6 heteroatoms. The number of hydrogen-bond donors (Lipinski definition) is 1. The molecule has 3 rings (SSSR count). The summed E-state index contributed by atoms with van der Waals surface area (Å²) >= 11 is 0. The molecule has 25 heavy (non-hydrogen) atoms. The number of rotatable bonds is 6. The Morgan fingerprint density at radius 2 is 1.64 bits per heavy atom. The van der Waals surface area contributed by atoms with Crippen molar-refractivity contribution in [3.63, 3.8) is 0 Å². The van der Waals surface area contributed by atoms with E-state index in [0.717, 1.165) is 50.5 Å². The molecule has 2 aliphatic rings. The third-order valence-corrected chi connectivity index (χ3v) is 7.23. The summed E-state index contributed by atoms with van der Waals surface area (Å²) in [7, 11) is -3.34. The maximum atomic E-state index is 12.5. The van der Waals surface area contributed by atoms with Crippen molar-refractivity contribution in [1.29, 1.82) is 0 Å². The van der Waals surface area contributed by atoms with Crippen LogP contribution in [0.15, 0.2) is 29.2 Å². The van der Waals surface area contributed by atoms with Crippen LogP contribution in [0.5, 0.6) is 0 Å². The van der Waals surface area contributed by atoms with Gasteiger partial charge in [-0.25, -0.2) is 8.42 Å². The van der Waals surface area contributed by atoms with Crippen LogP contribution in [0.2, 0.25) is 0 Å². The second kappa shape index (κ2) is 8.32. The fraction of sp³-hybridized carbons (Fsp3) is 0.632. The lowest BCUT2D eigenvalue weighted by Crippen LogP contribution is -2.33. The fourth-order valence-electron chi connectivity index (χ4n) is 3.74. The zero-order chi connectivity index (χ0) is 17.7. The summed E-state index contributed by atoms with van der Waals surface area (Å²) < 4.78 is 26.5. The average Bonchev–Trinajstić information content (AvgIpc) is 3.18. The van der Waals surface area contributed by atoms with E-state index in [1.807, 2.05) is 12.1 Å². The quantitative estimate of drug-likeness (QED) is 0.844. The summed E-state index contributed by atoms with van der Waals surface area (Å²) in [6.07, 6.45) is 8.19. The molecule has 0 unspecified atom stereocenters. The van der Waals surface area contributed by atoms with Crippen molar-refractivity contribution in [3.05, 3.63) is 29.8 Å². The molecule has 0 radical (unpaired) electrons. The second-order valence-electron chi connectivity index (χ2n) is 7.13. The molecule has 1 N–H and O–H groups in total. The third kappa shape index (κ3) is 4.61. The molecule has 1 aromatic carbocycles. The van der Waals surface area contributed by atoms with Crippen molar-refractivity contribution in [1.82, 2.24) is 9.62 Å². The highest BCUT2D eigenvalue weighted by Crippen LogP contribution is 2.24. The zero-order valence-corrected chi connectivity index (χ0v) is 15.6. The standard InChI is InChI=1S/C19H28N2O3S/c22-19(17-6-2-1-3-7-17)20-13-12-16-8-10-18(11-9-16)25(23,24)21-14-4-5-15-21/h8-11,17H,1-7,12-15H2,(H,20,22). The lowest BCUT2D eigenvalue weighted by atomic mass is 9.88. The second-order valence-corrected chi connectivity index (χ2v) is 9.07. The first-order chi connectivity index (χ1) is 12.1. The maximum absolute atomic E-state index is 12.5. The lowest BCUT2D eigenvalue weighted by Gasteiger charge is -2.20. The molecule has 1 heterocycles. The molecular weight excluding hydrogens is 336 g/mol. The molecule has 1 aliphatic carbocycles. The molecule has 0 atom stereocenters. The molecule has 5 nitrogen and oxygen atoms in total. The van der Waals surface area contributed by atoms with Gasteiger partial charge in [0.05, 0.1) is 4.90 Å². The Labute approximate surface area is 150 Å². The van der Waals surface area contributed by atoms with Crippen molar-refractivity contribution in [2.75, 3.05) is 19.6 Å². The van der Waals surface area contributed by atoms with E-state index in [4.69, 9.17) is 0 Å². The van der Waals surface area contributed by atoms with Gasteiger partial charge in [-0.3, -0.25) is 4.79 Å². The molecule has 1 saturated heterocycles. The minimum Gasteiger partial charge on any atom is -0.356 e. The minimum atomic E-state index is -3.34. The first-order valence-electron chi connectivity index (χ1n) is 9.44. The zero-order valence-electron chi connectivity index (χ0n) is 14.7. The number of nitrogens with one attached hydrogen (secondary N) is 1. The molecule has 1 saturated carbocycles. The number of hydrogen-bond acceptors (Lipinski definition) is 3. The molecule has 2 fully saturated rings. The monoisotopic (exact) mass is 364 g/mol. The predicted octanol–water partition coefficient (Wildman–Crippen LogP) is 2.71. The van der Waals surface area contributed by atoms with Gasteiger partial charge in [0.25, 0.3) is 0 Å². The van der Waals surface area contributed by atoms with E-state index in [2.05, 4.69) is 5.32 Å². The highest BCUT2D eigenvalue weighted by atomic mass is 32.2. The molecule has 0 bridgehead atoms. The van der Waals surface area contributed by atoms with E-state index < -0.39 is 10.0 Å². The molecule has 0 spiro atoms. The summed E-state index contributed by atoms with van der Waals surface area (Å²) in [5.41, 5.74) is 1.05. The van der Waals surface area contributed by atoms with E-state index in [0.29, 0.717) is 24.5 Å². The Kier molecular flexibility index (Phi) is 6.12. The van der Waals surface area contributed by atoms with Gasteiger partial charge < -0.3 is 5.32 Å². The van der Waals surface area contributed by atoms with Crippen LogP contribution in [0.4, 0.5) is 0 Å². The lowest BCUT2D eigenvalue weighted by molar-refractivity contribution is -0.125. The van der Waals surface area contributed by atoms with E-state index in [1.54, 1.807) is 16.4 Å². The molecule has 1 aromatic rings. The van der Waals surface area contributed by atoms with Crippen LogP contribution in [-0.4, -0.2) is 38.3 Å². The van der Waals surface area contributed by atoms with Gasteiger partial charge in [-0.05, 0) is 49.8 Å². The maximum Gasteiger partial charge on any atom is 0.243 e. The summed E-state index contributed by atoms with van der Waals surface area (Å²) in [6, 6.07) is 7.09. The number of nitrogens with zero attached hydrogens (tertiary/aromatic N) is 1. The number of benzene rings is 1. The van der Waals surface area contributed by atoms with E-state index in [9.17, 15) is 13.2 Å². The van der Waals surface area contributed by atoms with Crippen LogP contribution in [0.1, 0.15) is 50.5 Å². The number of carbonyl (C=O) groups is 1. The van der Waals surface area contributed by atoms with Crippen molar-refractivity contribution in [3.8, 4) is 0 Å². The minimum absolute atomic E-state index is 0.174. The van der Waals surface area contributed by atoms with Gasteiger partial charge in [0, 0.05) is 25.6 Å². The average molecular weight is 365 g/mol. The largest absolute Gasteiger partial charge is 0.356 e. The smallest absolute Gasteiger partial charge is 0.243 e. The number of sulfonamides is 1. The SMILES string of the molecule is O=C(NCCc1ccc(S(=O)(=O)N2CCCC2)cc1)C1CCCCC1. The van der Waals surface area contributed by atoms with Gasteiger partial charge in [-0.15, -0.1) is 0 Å². The Hall–Kier alpha value is -1.40. The van der Waals surface area contributed by atoms with E-state index in [-0.39, 0.29) is 11.8 Å². The topological polar surface area (TPSA) is 66.5 Å². The van der Waals surface area contributed by atoms with Crippen LogP contribution in [0, 0.1) is 5.92 Å². The number of carbonyl (C=O) groups excluding carboxylic acids is 1. The van der Waals surface area contributed by atoms with Gasteiger partial charge in [0.15, 0.2) is 0 Å².